The Morgan fingerprint density at radius 3 is 1.62 bits per heavy atom. The summed E-state index contributed by atoms with van der Waals surface area (Å²) < 4.78 is 1.18. The summed E-state index contributed by atoms with van der Waals surface area (Å²) >= 11 is 0. The van der Waals surface area contributed by atoms with Gasteiger partial charge in [0.1, 0.15) is 0 Å². The monoisotopic (exact) mass is 574 g/mol. The fourth-order valence-corrected chi connectivity index (χ4v) is 110. The van der Waals surface area contributed by atoms with E-state index in [2.05, 4.69) is 73.1 Å². The van der Waals surface area contributed by atoms with Gasteiger partial charge in [-0.05, 0) is 0 Å². The predicted octanol–water partition coefficient (Wildman–Crippen LogP) is 8.37. The zero-order valence-corrected chi connectivity index (χ0v) is 26.0. The number of rotatable bonds is 9. The van der Waals surface area contributed by atoms with E-state index < -0.39 is 6.51 Å². The van der Waals surface area contributed by atoms with E-state index in [1.54, 1.807) is 6.16 Å². The summed E-state index contributed by atoms with van der Waals surface area (Å²) in [7, 11) is 3.41. The van der Waals surface area contributed by atoms with Gasteiger partial charge in [0.05, 0.1) is 0 Å². The molecule has 0 saturated carbocycles. The van der Waals surface area contributed by atoms with Crippen LogP contribution in [0.1, 0.15) is 65.8 Å². The maximum atomic E-state index is 5.13. The molecule has 10 fully saturated rings. The van der Waals surface area contributed by atoms with Crippen molar-refractivity contribution in [2.24, 2.45) is 0 Å². The molecule has 10 aliphatic heterocycles. The van der Waals surface area contributed by atoms with Crippen LogP contribution >= 0.6 is 17.2 Å². The number of nitrogens with zero attached hydrogens (tertiary/aromatic N) is 4. The van der Waals surface area contributed by atoms with Gasteiger partial charge in [-0.1, -0.05) is 0 Å². The summed E-state index contributed by atoms with van der Waals surface area (Å²) in [5, 5.41) is 0.660. The Morgan fingerprint density at radius 1 is 0.784 bits per heavy atom. The van der Waals surface area contributed by atoms with Gasteiger partial charge in [0.25, 0.3) is 0 Å². The fourth-order valence-electron chi connectivity index (χ4n) is 22.0. The van der Waals surface area contributed by atoms with Gasteiger partial charge in [-0.15, -0.1) is 0 Å². The minimum atomic E-state index is -3.89. The van der Waals surface area contributed by atoms with Crippen LogP contribution in [-0.4, -0.2) is 36.4 Å². The molecule has 12 rings (SSSR count). The van der Waals surface area contributed by atoms with Crippen molar-refractivity contribution in [2.75, 3.05) is 6.16 Å². The van der Waals surface area contributed by atoms with Gasteiger partial charge >= 0.3 is 215 Å². The molecule has 198 valence electrons. The third kappa shape index (κ3) is 0.487. The number of hydrogen-bond donors (Lipinski definition) is 0. The first-order valence-electron chi connectivity index (χ1n) is 14.7. The van der Waals surface area contributed by atoms with E-state index in [4.69, 9.17) is 9.97 Å². The summed E-state index contributed by atoms with van der Waals surface area (Å²) in [6.45, 7) is 11.6. The Labute approximate surface area is 214 Å². The van der Waals surface area contributed by atoms with Crippen molar-refractivity contribution >= 4 is 17.2 Å². The van der Waals surface area contributed by atoms with Crippen LogP contribution in [0.4, 0.5) is 0 Å². The summed E-state index contributed by atoms with van der Waals surface area (Å²) in [6.07, 6.45) is 16.0. The molecule has 0 amide bonds. The van der Waals surface area contributed by atoms with Crippen LogP contribution in [-0.2, 0) is 11.7 Å². The quantitative estimate of drug-likeness (QED) is 0.223. The molecule has 10 saturated heterocycles. The number of aromatic nitrogens is 4. The fraction of sp³-hybridized carbons (Fsp3) is 0.733. The topological polar surface area (TPSA) is 51.6 Å². The molecule has 6 atom stereocenters. The van der Waals surface area contributed by atoms with Crippen molar-refractivity contribution in [1.82, 2.24) is 19.9 Å². The molecule has 0 aliphatic carbocycles. The van der Waals surface area contributed by atoms with E-state index in [0.29, 0.717) is 18.9 Å². The second-order valence-electron chi connectivity index (χ2n) is 17.8. The minimum absolute atomic E-state index is 0.117. The van der Waals surface area contributed by atoms with Crippen molar-refractivity contribution in [2.45, 2.75) is 117 Å². The molecule has 0 aromatic carbocycles. The van der Waals surface area contributed by atoms with Crippen LogP contribution in [0.15, 0.2) is 37.2 Å². The molecule has 1 spiro atoms. The van der Waals surface area contributed by atoms with Crippen molar-refractivity contribution in [1.29, 1.82) is 0 Å². The molecule has 6 unspecified atom stereocenters. The van der Waals surface area contributed by atoms with E-state index in [-0.39, 0.29) is 13.1 Å². The van der Waals surface area contributed by atoms with Crippen molar-refractivity contribution in [3.63, 3.8) is 0 Å². The van der Waals surface area contributed by atoms with Gasteiger partial charge in [-0.2, -0.15) is 0 Å². The third-order valence-corrected chi connectivity index (χ3v) is 70.8. The average Bonchev–Trinajstić information content (AvgIpc) is 3.86. The van der Waals surface area contributed by atoms with Crippen LogP contribution in [0.3, 0.4) is 0 Å². The molecule has 12 heterocycles. The summed E-state index contributed by atoms with van der Waals surface area (Å²) in [5.74, 6) is 0. The molecule has 2 aromatic heterocycles. The SMILES string of the molecule is CCC(C)(C)P(C[C]12[CH]3[CH]4[CH]5[C]1(C(P)(c1cnccn1)c1cnccn1)[Fe]43521678[CH]2[CH]1[CH]6[CH]7[CH]28)C(C)(C)CC. The van der Waals surface area contributed by atoms with Gasteiger partial charge in [0.2, 0.25) is 0 Å². The first-order valence-corrected chi connectivity index (χ1v) is 23.0. The van der Waals surface area contributed by atoms with E-state index in [9.17, 15) is 0 Å². The first-order chi connectivity index (χ1) is 17.4. The Bertz CT molecular complexity index is 1790. The van der Waals surface area contributed by atoms with Crippen molar-refractivity contribution in [3.8, 4) is 0 Å². The maximum absolute atomic E-state index is 5.13. The molecular formula is C30H40FeN4P2. The van der Waals surface area contributed by atoms with Gasteiger partial charge < -0.3 is 0 Å². The first kappa shape index (κ1) is 20.4. The van der Waals surface area contributed by atoms with Crippen molar-refractivity contribution in [3.05, 3.63) is 48.6 Å². The van der Waals surface area contributed by atoms with Crippen LogP contribution < -0.4 is 0 Å². The predicted molar refractivity (Wildman–Crippen MR) is 150 cm³/mol. The van der Waals surface area contributed by atoms with Crippen LogP contribution in [0.5, 0.6) is 0 Å². The van der Waals surface area contributed by atoms with Crippen LogP contribution in [0.2, 0.25) is 47.2 Å². The van der Waals surface area contributed by atoms with E-state index in [1.807, 2.05) is 24.8 Å². The van der Waals surface area contributed by atoms with Crippen molar-refractivity contribution < 1.29 is 6.51 Å². The molecule has 10 aliphatic rings. The molecular weight excluding hydrogens is 534 g/mol. The van der Waals surface area contributed by atoms with Gasteiger partial charge in [0, 0.05) is 0 Å². The molecule has 37 heavy (non-hydrogen) atoms. The molecule has 0 N–H and O–H groups in total. The second kappa shape index (κ2) is 2.92. The zero-order valence-electron chi connectivity index (χ0n) is 22.9. The number of hydrogen-bond acceptors (Lipinski definition) is 4. The van der Waals surface area contributed by atoms with E-state index >= 15 is 0 Å². The Balaban J connectivity index is 1.18. The summed E-state index contributed by atoms with van der Waals surface area (Å²) in [6, 6.07) is 0. The summed E-state index contributed by atoms with van der Waals surface area (Å²) in [4.78, 5) is 29.3. The van der Waals surface area contributed by atoms with Gasteiger partial charge in [0.15, 0.2) is 0 Å². The van der Waals surface area contributed by atoms with Gasteiger partial charge in [-0.3, -0.25) is 0 Å². The number of fused-ring (bicyclic) bond motifs is 10. The normalized spacial score (nSPS) is 64.6. The van der Waals surface area contributed by atoms with Crippen LogP contribution in [0, 0.1) is 0 Å². The Kier molecular flexibility index (Phi) is 1.61. The average molecular weight is 574 g/mol. The van der Waals surface area contributed by atoms with E-state index in [1.165, 1.54) is 57.9 Å². The third-order valence-electron chi connectivity index (χ3n) is 21.3. The van der Waals surface area contributed by atoms with E-state index in [0.717, 1.165) is 4.82 Å². The zero-order chi connectivity index (χ0) is 25.4. The van der Waals surface area contributed by atoms with Gasteiger partial charge in [-0.25, -0.2) is 0 Å². The second-order valence-corrected chi connectivity index (χ2v) is 45.6. The molecule has 4 nitrogen and oxygen atoms in total. The molecule has 7 heteroatoms. The standard InChI is InChI=1S/C25H35N4P2.C5H5.Fe/c1-7-23(3,4)31(24(5,6)8-2)18-19-10-9-11-20(19)25(30,21-16-26-12-14-28-21)22-17-27-13-15-29-22;1-2-4-5-3-1;/h9-17H,7-8,18,30H2,1-6H3;1-5H;. The summed E-state index contributed by atoms with van der Waals surface area (Å²) in [5.41, 5.74) is 2.36. The Morgan fingerprint density at radius 2 is 1.27 bits per heavy atom. The molecule has 0 radical (unpaired) electrons. The molecule has 0 bridgehead atoms. The Hall–Kier alpha value is -0.461. The molecule has 2 aromatic rings. The van der Waals surface area contributed by atoms with Crippen LogP contribution in [0.25, 0.3) is 0 Å².